The molecule has 28 heavy (non-hydrogen) atoms. The Morgan fingerprint density at radius 2 is 1.79 bits per heavy atom. The van der Waals surface area contributed by atoms with Crippen molar-refractivity contribution < 1.29 is 13.8 Å². The zero-order valence-corrected chi connectivity index (χ0v) is 17.1. The van der Waals surface area contributed by atoms with E-state index in [-0.39, 0.29) is 29.4 Å². The highest BCUT2D eigenvalue weighted by atomic mass is 32.2. The number of carbonyl (C=O) groups is 2. The third-order valence-electron chi connectivity index (χ3n) is 5.08. The number of nitrogens with one attached hydrogen (secondary N) is 2. The van der Waals surface area contributed by atoms with E-state index in [0.29, 0.717) is 5.69 Å². The van der Waals surface area contributed by atoms with E-state index in [9.17, 15) is 13.8 Å². The predicted molar refractivity (Wildman–Crippen MR) is 113 cm³/mol. The fourth-order valence-electron chi connectivity index (χ4n) is 3.50. The number of benzene rings is 2. The van der Waals surface area contributed by atoms with E-state index in [1.165, 1.54) is 5.56 Å². The van der Waals surface area contributed by atoms with Gasteiger partial charge in [-0.3, -0.25) is 13.8 Å². The molecule has 2 aromatic carbocycles. The van der Waals surface area contributed by atoms with Crippen LogP contribution < -0.4 is 10.6 Å². The van der Waals surface area contributed by atoms with Crippen molar-refractivity contribution in [1.82, 2.24) is 5.32 Å². The summed E-state index contributed by atoms with van der Waals surface area (Å²) >= 11 is 0. The van der Waals surface area contributed by atoms with Gasteiger partial charge in [0.25, 0.3) is 0 Å². The highest BCUT2D eigenvalue weighted by Crippen LogP contribution is 2.29. The van der Waals surface area contributed by atoms with Crippen molar-refractivity contribution >= 4 is 28.3 Å². The number of fused-ring (bicyclic) bond motifs is 1. The minimum Gasteiger partial charge on any atom is -0.348 e. The lowest BCUT2D eigenvalue weighted by molar-refractivity contribution is -0.119. The summed E-state index contributed by atoms with van der Waals surface area (Å²) in [6.07, 6.45) is 2.92. The molecular weight excluding hydrogens is 372 g/mol. The summed E-state index contributed by atoms with van der Waals surface area (Å²) in [7, 11) is -1.55. The Bertz CT molecular complexity index is 910. The maximum absolute atomic E-state index is 12.3. The van der Waals surface area contributed by atoms with Crippen molar-refractivity contribution in [3.63, 3.8) is 0 Å². The van der Waals surface area contributed by atoms with Crippen molar-refractivity contribution in [2.45, 2.75) is 39.2 Å². The van der Waals surface area contributed by atoms with E-state index < -0.39 is 10.8 Å². The molecule has 3 rings (SSSR count). The first-order chi connectivity index (χ1) is 13.4. The Hall–Kier alpha value is -2.47. The molecule has 2 aromatic rings. The molecule has 1 aliphatic carbocycles. The Morgan fingerprint density at radius 3 is 2.57 bits per heavy atom. The van der Waals surface area contributed by atoms with Gasteiger partial charge < -0.3 is 10.6 Å². The van der Waals surface area contributed by atoms with Gasteiger partial charge in [-0.1, -0.05) is 30.3 Å². The summed E-state index contributed by atoms with van der Waals surface area (Å²) in [6.45, 7) is 3.97. The number of hydrogen-bond acceptors (Lipinski definition) is 3. The van der Waals surface area contributed by atoms with Gasteiger partial charge in [-0.25, -0.2) is 0 Å². The van der Waals surface area contributed by atoms with Crippen LogP contribution in [0.25, 0.3) is 0 Å². The van der Waals surface area contributed by atoms with Crippen molar-refractivity contribution in [2.75, 3.05) is 16.8 Å². The first-order valence-corrected chi connectivity index (χ1v) is 11.0. The molecule has 1 aliphatic rings. The summed E-state index contributed by atoms with van der Waals surface area (Å²) < 4.78 is 12.3. The summed E-state index contributed by atoms with van der Waals surface area (Å²) in [5.74, 6) is -0.989. The molecule has 0 heterocycles. The summed E-state index contributed by atoms with van der Waals surface area (Å²) in [4.78, 5) is 24.4. The highest BCUT2D eigenvalue weighted by Gasteiger charge is 2.22. The zero-order chi connectivity index (χ0) is 20.1. The van der Waals surface area contributed by atoms with Crippen LogP contribution in [-0.4, -0.2) is 27.5 Å². The standard InChI is InChI=1S/C22H26N2O3S/c1-15-10-11-18(12-16(15)2)23-21(25)13-28(27)14-22(26)24-20-9-5-7-17-6-3-4-8-19(17)20/h3-4,6,8,10-12,20H,5,7,9,13-14H2,1-2H3,(H,23,25)(H,24,26)/t20-,28-/m0/s1. The van der Waals surface area contributed by atoms with Gasteiger partial charge in [-0.2, -0.15) is 0 Å². The second-order valence-electron chi connectivity index (χ2n) is 7.29. The average molecular weight is 399 g/mol. The van der Waals surface area contributed by atoms with Crippen LogP contribution in [0.2, 0.25) is 0 Å². The van der Waals surface area contributed by atoms with Gasteiger partial charge in [0.2, 0.25) is 11.8 Å². The van der Waals surface area contributed by atoms with Crippen molar-refractivity contribution in [2.24, 2.45) is 0 Å². The first-order valence-electron chi connectivity index (χ1n) is 9.51. The molecule has 0 fully saturated rings. The zero-order valence-electron chi connectivity index (χ0n) is 16.3. The lowest BCUT2D eigenvalue weighted by Gasteiger charge is -2.26. The second kappa shape index (κ2) is 9.15. The number of rotatable bonds is 6. The van der Waals surface area contributed by atoms with Gasteiger partial charge in [0, 0.05) is 16.5 Å². The van der Waals surface area contributed by atoms with Crippen LogP contribution >= 0.6 is 0 Å². The van der Waals surface area contributed by atoms with Gasteiger partial charge in [0.05, 0.1) is 6.04 Å². The molecule has 0 radical (unpaired) electrons. The second-order valence-corrected chi connectivity index (χ2v) is 8.74. The Morgan fingerprint density at radius 1 is 1.04 bits per heavy atom. The fraction of sp³-hybridized carbons (Fsp3) is 0.364. The van der Waals surface area contributed by atoms with Gasteiger partial charge >= 0.3 is 0 Å². The molecule has 2 atom stereocenters. The Labute approximate surface area is 168 Å². The van der Waals surface area contributed by atoms with Crippen LogP contribution in [0.1, 0.15) is 41.1 Å². The molecule has 0 aromatic heterocycles. The highest BCUT2D eigenvalue weighted by molar-refractivity contribution is 7.86. The molecule has 0 aliphatic heterocycles. The lowest BCUT2D eigenvalue weighted by Crippen LogP contribution is -2.35. The largest absolute Gasteiger partial charge is 0.348 e. The van der Waals surface area contributed by atoms with Gasteiger partial charge in [0.1, 0.15) is 11.5 Å². The Kier molecular flexibility index (Phi) is 6.62. The predicted octanol–water partition coefficient (Wildman–Crippen LogP) is 3.18. The third kappa shape index (κ3) is 5.29. The maximum Gasteiger partial charge on any atom is 0.237 e. The monoisotopic (exact) mass is 398 g/mol. The van der Waals surface area contributed by atoms with Crippen LogP contribution in [0.4, 0.5) is 5.69 Å². The first kappa shape index (κ1) is 20.3. The van der Waals surface area contributed by atoms with Crippen LogP contribution in [0, 0.1) is 13.8 Å². The molecule has 0 bridgehead atoms. The molecule has 0 saturated carbocycles. The maximum atomic E-state index is 12.3. The van der Waals surface area contributed by atoms with E-state index in [0.717, 1.165) is 36.0 Å². The molecule has 5 nitrogen and oxygen atoms in total. The number of anilines is 1. The summed E-state index contributed by atoms with van der Waals surface area (Å²) in [5.41, 5.74) is 5.29. The number of hydrogen-bond donors (Lipinski definition) is 2. The lowest BCUT2D eigenvalue weighted by atomic mass is 9.88. The van der Waals surface area contributed by atoms with E-state index in [2.05, 4.69) is 16.7 Å². The summed E-state index contributed by atoms with van der Waals surface area (Å²) in [5, 5.41) is 5.72. The smallest absolute Gasteiger partial charge is 0.237 e. The average Bonchev–Trinajstić information content (AvgIpc) is 2.64. The topological polar surface area (TPSA) is 75.3 Å². The van der Waals surface area contributed by atoms with E-state index in [1.54, 1.807) is 0 Å². The SMILES string of the molecule is Cc1ccc(NC(=O)C[S@](=O)CC(=O)N[C@H]2CCCc3ccccc32)cc1C. The Balaban J connectivity index is 1.50. The van der Waals surface area contributed by atoms with Crippen LogP contribution in [0.15, 0.2) is 42.5 Å². The number of carbonyl (C=O) groups excluding carboxylic acids is 2. The van der Waals surface area contributed by atoms with Crippen molar-refractivity contribution in [3.8, 4) is 0 Å². The molecule has 148 valence electrons. The number of aryl methyl sites for hydroxylation is 3. The molecule has 0 unspecified atom stereocenters. The fourth-order valence-corrected chi connectivity index (χ4v) is 4.34. The van der Waals surface area contributed by atoms with Crippen LogP contribution in [0.3, 0.4) is 0 Å². The molecule has 2 N–H and O–H groups in total. The van der Waals surface area contributed by atoms with E-state index >= 15 is 0 Å². The molecular formula is C22H26N2O3S. The molecule has 0 spiro atoms. The third-order valence-corrected chi connectivity index (χ3v) is 6.25. The van der Waals surface area contributed by atoms with Crippen molar-refractivity contribution in [3.05, 3.63) is 64.7 Å². The molecule has 2 amide bonds. The quantitative estimate of drug-likeness (QED) is 0.785. The van der Waals surface area contributed by atoms with Crippen LogP contribution in [-0.2, 0) is 26.8 Å². The normalized spacial score (nSPS) is 16.7. The molecule has 6 heteroatoms. The van der Waals surface area contributed by atoms with Gasteiger partial charge in [-0.05, 0) is 67.5 Å². The van der Waals surface area contributed by atoms with Gasteiger partial charge in [0.15, 0.2) is 0 Å². The van der Waals surface area contributed by atoms with E-state index in [4.69, 9.17) is 0 Å². The van der Waals surface area contributed by atoms with Crippen LogP contribution in [0.5, 0.6) is 0 Å². The number of amides is 2. The minimum absolute atomic E-state index is 0.0428. The molecule has 0 saturated heterocycles. The van der Waals surface area contributed by atoms with Crippen molar-refractivity contribution in [1.29, 1.82) is 0 Å². The van der Waals surface area contributed by atoms with E-state index in [1.807, 2.05) is 50.2 Å². The van der Waals surface area contributed by atoms with Gasteiger partial charge in [-0.15, -0.1) is 0 Å². The minimum atomic E-state index is -1.55. The summed E-state index contributed by atoms with van der Waals surface area (Å²) in [6, 6.07) is 13.7.